The van der Waals surface area contributed by atoms with Gasteiger partial charge in [0.15, 0.2) is 0 Å². The first-order chi connectivity index (χ1) is 8.97. The number of hydrogen-bond acceptors (Lipinski definition) is 3. The van der Waals surface area contributed by atoms with Gasteiger partial charge in [0, 0.05) is 13.6 Å². The SMILES string of the molecule is Cc1ccc(CN(C)c2cc(C)c(N)cn2)c(C)c1. The second-order valence-electron chi connectivity index (χ2n) is 5.19. The summed E-state index contributed by atoms with van der Waals surface area (Å²) in [5.41, 5.74) is 11.5. The maximum Gasteiger partial charge on any atom is 0.128 e. The van der Waals surface area contributed by atoms with Gasteiger partial charge in [-0.25, -0.2) is 4.98 Å². The molecule has 0 atom stereocenters. The molecule has 3 nitrogen and oxygen atoms in total. The van der Waals surface area contributed by atoms with E-state index >= 15 is 0 Å². The molecule has 0 amide bonds. The van der Waals surface area contributed by atoms with Gasteiger partial charge in [0.1, 0.15) is 5.82 Å². The van der Waals surface area contributed by atoms with Crippen molar-refractivity contribution in [3.63, 3.8) is 0 Å². The summed E-state index contributed by atoms with van der Waals surface area (Å²) in [4.78, 5) is 6.53. The fraction of sp³-hybridized carbons (Fsp3) is 0.312. The molecule has 0 fully saturated rings. The minimum absolute atomic E-state index is 0.740. The summed E-state index contributed by atoms with van der Waals surface area (Å²) in [6.07, 6.45) is 1.73. The van der Waals surface area contributed by atoms with E-state index in [1.165, 1.54) is 16.7 Å². The maximum atomic E-state index is 5.80. The Kier molecular flexibility index (Phi) is 3.74. The minimum atomic E-state index is 0.740. The molecule has 100 valence electrons. The molecule has 1 heterocycles. The van der Waals surface area contributed by atoms with Crippen LogP contribution in [-0.4, -0.2) is 12.0 Å². The fourth-order valence-electron chi connectivity index (χ4n) is 2.12. The number of nitrogens with two attached hydrogens (primary N) is 1. The molecule has 19 heavy (non-hydrogen) atoms. The average Bonchev–Trinajstić information content (AvgIpc) is 2.36. The Bertz CT molecular complexity index is 591. The highest BCUT2D eigenvalue weighted by Gasteiger charge is 2.07. The molecule has 0 saturated carbocycles. The number of aromatic nitrogens is 1. The third-order valence-corrected chi connectivity index (χ3v) is 3.43. The van der Waals surface area contributed by atoms with E-state index in [9.17, 15) is 0 Å². The van der Waals surface area contributed by atoms with E-state index in [1.807, 2.05) is 13.0 Å². The number of anilines is 2. The third kappa shape index (κ3) is 3.05. The lowest BCUT2D eigenvalue weighted by molar-refractivity contribution is 0.889. The number of nitrogens with zero attached hydrogens (tertiary/aromatic N) is 2. The van der Waals surface area contributed by atoms with Gasteiger partial charge in [-0.05, 0) is 43.5 Å². The zero-order valence-corrected chi connectivity index (χ0v) is 12.1. The molecule has 1 aromatic heterocycles. The Balaban J connectivity index is 2.20. The molecule has 1 aromatic carbocycles. The van der Waals surface area contributed by atoms with Crippen molar-refractivity contribution in [3.8, 4) is 0 Å². The van der Waals surface area contributed by atoms with Crippen LogP contribution < -0.4 is 10.6 Å². The molecular weight excluding hydrogens is 234 g/mol. The average molecular weight is 255 g/mol. The number of nitrogen functional groups attached to an aromatic ring is 1. The van der Waals surface area contributed by atoms with Crippen LogP contribution in [0.15, 0.2) is 30.5 Å². The van der Waals surface area contributed by atoms with Crippen LogP contribution >= 0.6 is 0 Å². The lowest BCUT2D eigenvalue weighted by Gasteiger charge is -2.20. The van der Waals surface area contributed by atoms with Gasteiger partial charge in [0.2, 0.25) is 0 Å². The van der Waals surface area contributed by atoms with Gasteiger partial charge in [-0.3, -0.25) is 0 Å². The molecule has 2 rings (SSSR count). The Hall–Kier alpha value is -2.03. The molecule has 3 heteroatoms. The van der Waals surface area contributed by atoms with Crippen LogP contribution in [0.4, 0.5) is 11.5 Å². The third-order valence-electron chi connectivity index (χ3n) is 3.43. The first-order valence-corrected chi connectivity index (χ1v) is 6.47. The summed E-state index contributed by atoms with van der Waals surface area (Å²) in [5, 5.41) is 0. The Morgan fingerprint density at radius 3 is 2.47 bits per heavy atom. The molecule has 0 spiro atoms. The van der Waals surface area contributed by atoms with Crippen LogP contribution in [0.3, 0.4) is 0 Å². The second-order valence-corrected chi connectivity index (χ2v) is 5.19. The van der Waals surface area contributed by atoms with Gasteiger partial charge in [-0.1, -0.05) is 23.8 Å². The van der Waals surface area contributed by atoms with Crippen LogP contribution in [0.1, 0.15) is 22.3 Å². The molecule has 0 aliphatic rings. The van der Waals surface area contributed by atoms with Gasteiger partial charge in [-0.2, -0.15) is 0 Å². The summed E-state index contributed by atoms with van der Waals surface area (Å²) >= 11 is 0. The van der Waals surface area contributed by atoms with Crippen molar-refractivity contribution in [2.24, 2.45) is 0 Å². The monoisotopic (exact) mass is 255 g/mol. The topological polar surface area (TPSA) is 42.1 Å². The zero-order valence-electron chi connectivity index (χ0n) is 12.1. The van der Waals surface area contributed by atoms with Crippen molar-refractivity contribution in [1.29, 1.82) is 0 Å². The standard InChI is InChI=1S/C16H21N3/c1-11-5-6-14(12(2)7-11)10-19(4)16-8-13(3)15(17)9-18-16/h5-9H,10,17H2,1-4H3. The quantitative estimate of drug-likeness (QED) is 0.915. The molecular formula is C16H21N3. The summed E-state index contributed by atoms with van der Waals surface area (Å²) < 4.78 is 0. The number of benzene rings is 1. The van der Waals surface area contributed by atoms with E-state index in [4.69, 9.17) is 5.73 Å². The van der Waals surface area contributed by atoms with Crippen molar-refractivity contribution in [2.45, 2.75) is 27.3 Å². The van der Waals surface area contributed by atoms with Crippen molar-refractivity contribution in [1.82, 2.24) is 4.98 Å². The second kappa shape index (κ2) is 5.31. The molecule has 0 unspecified atom stereocenters. The highest BCUT2D eigenvalue weighted by molar-refractivity contribution is 5.52. The first kappa shape index (κ1) is 13.4. The van der Waals surface area contributed by atoms with Crippen LogP contribution in [0.2, 0.25) is 0 Å². The van der Waals surface area contributed by atoms with Gasteiger partial charge in [0.05, 0.1) is 11.9 Å². The molecule has 2 aromatic rings. The Labute approximate surface area is 115 Å². The predicted molar refractivity (Wildman–Crippen MR) is 81.4 cm³/mol. The lowest BCUT2D eigenvalue weighted by atomic mass is 10.1. The largest absolute Gasteiger partial charge is 0.397 e. The van der Waals surface area contributed by atoms with Gasteiger partial charge >= 0.3 is 0 Å². The zero-order chi connectivity index (χ0) is 14.0. The molecule has 0 bridgehead atoms. The Morgan fingerprint density at radius 2 is 1.84 bits per heavy atom. The van der Waals surface area contributed by atoms with E-state index in [0.717, 1.165) is 23.6 Å². The maximum absolute atomic E-state index is 5.80. The summed E-state index contributed by atoms with van der Waals surface area (Å²) in [6, 6.07) is 8.58. The Morgan fingerprint density at radius 1 is 1.11 bits per heavy atom. The summed E-state index contributed by atoms with van der Waals surface area (Å²) in [6.45, 7) is 7.12. The van der Waals surface area contributed by atoms with E-state index in [0.29, 0.717) is 0 Å². The molecule has 0 saturated heterocycles. The molecule has 2 N–H and O–H groups in total. The van der Waals surface area contributed by atoms with Crippen molar-refractivity contribution in [3.05, 3.63) is 52.7 Å². The van der Waals surface area contributed by atoms with Crippen LogP contribution in [0.25, 0.3) is 0 Å². The highest BCUT2D eigenvalue weighted by atomic mass is 15.2. The number of pyridine rings is 1. The predicted octanol–water partition coefficient (Wildman–Crippen LogP) is 3.23. The van der Waals surface area contributed by atoms with Crippen molar-refractivity contribution < 1.29 is 0 Å². The van der Waals surface area contributed by atoms with Crippen LogP contribution in [0.5, 0.6) is 0 Å². The first-order valence-electron chi connectivity index (χ1n) is 6.47. The van der Waals surface area contributed by atoms with Gasteiger partial charge < -0.3 is 10.6 Å². The van der Waals surface area contributed by atoms with Crippen LogP contribution in [-0.2, 0) is 6.54 Å². The number of aryl methyl sites for hydroxylation is 3. The van der Waals surface area contributed by atoms with E-state index in [2.05, 4.69) is 49.0 Å². The normalized spacial score (nSPS) is 10.5. The van der Waals surface area contributed by atoms with E-state index in [-0.39, 0.29) is 0 Å². The number of rotatable bonds is 3. The highest BCUT2D eigenvalue weighted by Crippen LogP contribution is 2.19. The van der Waals surface area contributed by atoms with Crippen molar-refractivity contribution >= 4 is 11.5 Å². The summed E-state index contributed by atoms with van der Waals surface area (Å²) in [7, 11) is 2.05. The van der Waals surface area contributed by atoms with E-state index in [1.54, 1.807) is 6.20 Å². The minimum Gasteiger partial charge on any atom is -0.397 e. The fourth-order valence-corrected chi connectivity index (χ4v) is 2.12. The summed E-state index contributed by atoms with van der Waals surface area (Å²) in [5.74, 6) is 0.951. The van der Waals surface area contributed by atoms with Crippen molar-refractivity contribution in [2.75, 3.05) is 17.7 Å². The lowest BCUT2D eigenvalue weighted by Crippen LogP contribution is -2.18. The van der Waals surface area contributed by atoms with Gasteiger partial charge in [0.25, 0.3) is 0 Å². The van der Waals surface area contributed by atoms with Crippen LogP contribution in [0, 0.1) is 20.8 Å². The molecule has 0 aliphatic carbocycles. The smallest absolute Gasteiger partial charge is 0.128 e. The van der Waals surface area contributed by atoms with Gasteiger partial charge in [-0.15, -0.1) is 0 Å². The number of hydrogen-bond donors (Lipinski definition) is 1. The molecule has 0 radical (unpaired) electrons. The van der Waals surface area contributed by atoms with E-state index < -0.39 is 0 Å². The molecule has 0 aliphatic heterocycles.